The Bertz CT molecular complexity index is 226. The zero-order chi connectivity index (χ0) is 10.7. The highest BCUT2D eigenvalue weighted by Gasteiger charge is 2.29. The van der Waals surface area contributed by atoms with Gasteiger partial charge in [-0.2, -0.15) is 0 Å². The maximum Gasteiger partial charge on any atom is 0.223 e. The molecule has 2 atom stereocenters. The van der Waals surface area contributed by atoms with Crippen molar-refractivity contribution in [3.63, 3.8) is 0 Å². The molecule has 2 aliphatic rings. The summed E-state index contributed by atoms with van der Waals surface area (Å²) in [5.74, 6) is 1.48. The lowest BCUT2D eigenvalue weighted by Crippen LogP contribution is -2.36. The molecule has 0 saturated heterocycles. The molecule has 0 unspecified atom stereocenters. The molecule has 0 aromatic heterocycles. The number of rotatable bonds is 5. The summed E-state index contributed by atoms with van der Waals surface area (Å²) in [7, 11) is 0. The van der Waals surface area contributed by atoms with Gasteiger partial charge >= 0.3 is 0 Å². The third-order valence-electron chi connectivity index (χ3n) is 3.50. The van der Waals surface area contributed by atoms with Gasteiger partial charge in [0, 0.05) is 25.0 Å². The monoisotopic (exact) mass is 210 g/mol. The van der Waals surface area contributed by atoms with E-state index in [0.29, 0.717) is 12.0 Å². The second-order valence-corrected chi connectivity index (χ2v) is 5.13. The van der Waals surface area contributed by atoms with Crippen molar-refractivity contribution in [1.82, 2.24) is 10.6 Å². The summed E-state index contributed by atoms with van der Waals surface area (Å²) in [6, 6.07) is 0.692. The molecule has 2 saturated carbocycles. The van der Waals surface area contributed by atoms with Crippen LogP contribution in [0.1, 0.15) is 39.0 Å². The van der Waals surface area contributed by atoms with Crippen molar-refractivity contribution in [1.29, 1.82) is 0 Å². The molecule has 3 heteroatoms. The number of amides is 1. The van der Waals surface area contributed by atoms with Crippen molar-refractivity contribution in [2.45, 2.75) is 45.1 Å². The maximum absolute atomic E-state index is 11.3. The Morgan fingerprint density at radius 1 is 1.20 bits per heavy atom. The minimum Gasteiger partial charge on any atom is -0.355 e. The van der Waals surface area contributed by atoms with E-state index >= 15 is 0 Å². The van der Waals surface area contributed by atoms with Gasteiger partial charge < -0.3 is 10.6 Å². The summed E-state index contributed by atoms with van der Waals surface area (Å²) in [6.45, 7) is 4.03. The molecule has 86 valence electrons. The fraction of sp³-hybridized carbons (Fsp3) is 0.917. The van der Waals surface area contributed by atoms with Crippen LogP contribution < -0.4 is 10.6 Å². The van der Waals surface area contributed by atoms with Crippen molar-refractivity contribution in [3.8, 4) is 0 Å². The molecule has 0 aromatic rings. The summed E-state index contributed by atoms with van der Waals surface area (Å²) < 4.78 is 0. The first-order valence-corrected chi connectivity index (χ1v) is 6.27. The van der Waals surface area contributed by atoms with E-state index in [1.165, 1.54) is 19.3 Å². The molecule has 2 N–H and O–H groups in total. The Labute approximate surface area is 92.0 Å². The third-order valence-corrected chi connectivity index (χ3v) is 3.50. The fourth-order valence-corrected chi connectivity index (χ4v) is 2.34. The predicted molar refractivity (Wildman–Crippen MR) is 60.5 cm³/mol. The van der Waals surface area contributed by atoms with Gasteiger partial charge in [-0.05, 0) is 38.0 Å². The Kier molecular flexibility index (Phi) is 3.62. The zero-order valence-corrected chi connectivity index (χ0v) is 9.59. The fourth-order valence-electron chi connectivity index (χ4n) is 2.34. The van der Waals surface area contributed by atoms with Gasteiger partial charge in [-0.25, -0.2) is 0 Å². The molecule has 0 spiro atoms. The summed E-state index contributed by atoms with van der Waals surface area (Å²) in [5, 5.41) is 6.49. The van der Waals surface area contributed by atoms with Crippen LogP contribution >= 0.6 is 0 Å². The second-order valence-electron chi connectivity index (χ2n) is 5.13. The SMILES string of the molecule is C[C@@H]1CC[C@H](NCCNC(=O)C2CC2)C1. The Hall–Kier alpha value is -0.570. The van der Waals surface area contributed by atoms with Crippen molar-refractivity contribution in [2.24, 2.45) is 11.8 Å². The van der Waals surface area contributed by atoms with Crippen molar-refractivity contribution >= 4 is 5.91 Å². The van der Waals surface area contributed by atoms with Crippen LogP contribution in [0.25, 0.3) is 0 Å². The quantitative estimate of drug-likeness (QED) is 0.671. The molecule has 3 nitrogen and oxygen atoms in total. The molecule has 15 heavy (non-hydrogen) atoms. The summed E-state index contributed by atoms with van der Waals surface area (Å²) in [6.07, 6.45) is 6.15. The predicted octanol–water partition coefficient (Wildman–Crippen LogP) is 1.29. The average molecular weight is 210 g/mol. The van der Waals surface area contributed by atoms with Crippen LogP contribution in [0.4, 0.5) is 0 Å². The largest absolute Gasteiger partial charge is 0.355 e. The summed E-state index contributed by atoms with van der Waals surface area (Å²) in [5.41, 5.74) is 0. The first kappa shape index (κ1) is 10.9. The van der Waals surface area contributed by atoms with Crippen molar-refractivity contribution in [2.75, 3.05) is 13.1 Å². The molecular weight excluding hydrogens is 188 g/mol. The minimum atomic E-state index is 0.261. The highest BCUT2D eigenvalue weighted by Crippen LogP contribution is 2.28. The molecule has 2 fully saturated rings. The van der Waals surface area contributed by atoms with Crippen LogP contribution in [-0.4, -0.2) is 25.0 Å². The van der Waals surface area contributed by atoms with Crippen LogP contribution in [-0.2, 0) is 4.79 Å². The smallest absolute Gasteiger partial charge is 0.223 e. The van der Waals surface area contributed by atoms with Gasteiger partial charge in [-0.15, -0.1) is 0 Å². The summed E-state index contributed by atoms with van der Waals surface area (Å²) >= 11 is 0. The van der Waals surface area contributed by atoms with Crippen molar-refractivity contribution in [3.05, 3.63) is 0 Å². The molecule has 0 aromatic carbocycles. The van der Waals surface area contributed by atoms with Crippen LogP contribution in [0.2, 0.25) is 0 Å². The van der Waals surface area contributed by atoms with Gasteiger partial charge in [0.2, 0.25) is 5.91 Å². The van der Waals surface area contributed by atoms with Gasteiger partial charge in [0.05, 0.1) is 0 Å². The Balaban J connectivity index is 1.49. The molecule has 2 aliphatic carbocycles. The van der Waals surface area contributed by atoms with Crippen LogP contribution in [0, 0.1) is 11.8 Å². The number of hydrogen-bond acceptors (Lipinski definition) is 2. The van der Waals surface area contributed by atoms with E-state index in [1.54, 1.807) is 0 Å². The number of nitrogens with one attached hydrogen (secondary N) is 2. The number of carbonyl (C=O) groups is 1. The lowest BCUT2D eigenvalue weighted by Gasteiger charge is -2.12. The van der Waals surface area contributed by atoms with E-state index in [4.69, 9.17) is 0 Å². The molecule has 0 aliphatic heterocycles. The maximum atomic E-state index is 11.3. The lowest BCUT2D eigenvalue weighted by atomic mass is 10.1. The Morgan fingerprint density at radius 3 is 2.60 bits per heavy atom. The average Bonchev–Trinajstić information content (AvgIpc) is 2.98. The molecule has 0 radical (unpaired) electrons. The second kappa shape index (κ2) is 4.97. The molecule has 0 bridgehead atoms. The first-order chi connectivity index (χ1) is 7.25. The van der Waals surface area contributed by atoms with Crippen LogP contribution in [0.15, 0.2) is 0 Å². The van der Waals surface area contributed by atoms with Crippen LogP contribution in [0.3, 0.4) is 0 Å². The van der Waals surface area contributed by atoms with E-state index in [2.05, 4.69) is 17.6 Å². The summed E-state index contributed by atoms with van der Waals surface area (Å²) in [4.78, 5) is 11.3. The van der Waals surface area contributed by atoms with E-state index in [0.717, 1.165) is 31.8 Å². The number of hydrogen-bond donors (Lipinski definition) is 2. The number of carbonyl (C=O) groups excluding carboxylic acids is 1. The van der Waals surface area contributed by atoms with Gasteiger partial charge in [0.1, 0.15) is 0 Å². The lowest BCUT2D eigenvalue weighted by molar-refractivity contribution is -0.122. The molecular formula is C12H22N2O. The highest BCUT2D eigenvalue weighted by molar-refractivity contribution is 5.80. The zero-order valence-electron chi connectivity index (χ0n) is 9.59. The standard InChI is InChI=1S/C12H22N2O/c1-9-2-5-11(8-9)13-6-7-14-12(15)10-3-4-10/h9-11,13H,2-8H2,1H3,(H,14,15)/t9-,11+/m1/s1. The van der Waals surface area contributed by atoms with E-state index in [-0.39, 0.29) is 5.91 Å². The van der Waals surface area contributed by atoms with E-state index < -0.39 is 0 Å². The van der Waals surface area contributed by atoms with Gasteiger partial charge in [-0.1, -0.05) is 6.92 Å². The first-order valence-electron chi connectivity index (χ1n) is 6.27. The van der Waals surface area contributed by atoms with Crippen LogP contribution in [0.5, 0.6) is 0 Å². The van der Waals surface area contributed by atoms with Gasteiger partial charge in [-0.3, -0.25) is 4.79 Å². The third kappa shape index (κ3) is 3.49. The highest BCUT2D eigenvalue weighted by atomic mass is 16.2. The minimum absolute atomic E-state index is 0.261. The molecule has 1 amide bonds. The molecule has 2 rings (SSSR count). The normalized spacial score (nSPS) is 30.5. The van der Waals surface area contributed by atoms with Gasteiger partial charge in [0.15, 0.2) is 0 Å². The Morgan fingerprint density at radius 2 is 2.00 bits per heavy atom. The van der Waals surface area contributed by atoms with E-state index in [9.17, 15) is 4.79 Å². The van der Waals surface area contributed by atoms with E-state index in [1.807, 2.05) is 0 Å². The van der Waals surface area contributed by atoms with Gasteiger partial charge in [0.25, 0.3) is 0 Å². The topological polar surface area (TPSA) is 41.1 Å². The molecule has 0 heterocycles. The van der Waals surface area contributed by atoms with Crippen molar-refractivity contribution < 1.29 is 4.79 Å².